The Balaban J connectivity index is 1.84. The number of aromatic nitrogens is 3. The lowest BCUT2D eigenvalue weighted by atomic mass is 10.00. The summed E-state index contributed by atoms with van der Waals surface area (Å²) in [5.74, 6) is 0.514. The van der Waals surface area contributed by atoms with Gasteiger partial charge in [-0.25, -0.2) is 9.97 Å². The van der Waals surface area contributed by atoms with Crippen molar-refractivity contribution >= 4 is 11.0 Å². The second kappa shape index (κ2) is 7.17. The van der Waals surface area contributed by atoms with Crippen molar-refractivity contribution in [3.8, 4) is 33.8 Å². The summed E-state index contributed by atoms with van der Waals surface area (Å²) in [6, 6.07) is 31.4. The van der Waals surface area contributed by atoms with Crippen LogP contribution in [0.5, 0.6) is 0 Å². The molecule has 0 fully saturated rings. The maximum atomic E-state index is 13.1. The highest BCUT2D eigenvalue weighted by Gasteiger charge is 2.15. The van der Waals surface area contributed by atoms with Gasteiger partial charge in [0.2, 0.25) is 0 Å². The third kappa shape index (κ3) is 3.21. The van der Waals surface area contributed by atoms with E-state index in [-0.39, 0.29) is 5.56 Å². The van der Waals surface area contributed by atoms with Crippen molar-refractivity contribution in [1.82, 2.24) is 15.0 Å². The Bertz CT molecular complexity index is 1340. The topological polar surface area (TPSA) is 58.6 Å². The fraction of sp³-hybridized carbons (Fsp3) is 0. The van der Waals surface area contributed by atoms with Gasteiger partial charge in [0.05, 0.1) is 11.1 Å². The average molecular weight is 375 g/mol. The molecular weight excluding hydrogens is 358 g/mol. The van der Waals surface area contributed by atoms with E-state index in [9.17, 15) is 4.79 Å². The zero-order chi connectivity index (χ0) is 19.6. The standard InChI is InChI=1S/C25H17N3O/c29-25-22-20(17-10-4-1-5-11-17)16-21(18-12-6-2-7-13-18)26-24(22)27-23(28-25)19-14-8-3-9-15-19/h1-16H,(H,26,27,28,29). The van der Waals surface area contributed by atoms with E-state index in [4.69, 9.17) is 9.97 Å². The summed E-state index contributed by atoms with van der Waals surface area (Å²) < 4.78 is 0. The van der Waals surface area contributed by atoms with Crippen molar-refractivity contribution in [1.29, 1.82) is 0 Å². The third-order valence-corrected chi connectivity index (χ3v) is 4.88. The van der Waals surface area contributed by atoms with Crippen LogP contribution in [0.4, 0.5) is 0 Å². The van der Waals surface area contributed by atoms with Crippen LogP contribution >= 0.6 is 0 Å². The molecule has 0 spiro atoms. The minimum absolute atomic E-state index is 0.195. The van der Waals surface area contributed by atoms with Gasteiger partial charge in [-0.3, -0.25) is 4.79 Å². The quantitative estimate of drug-likeness (QED) is 0.464. The van der Waals surface area contributed by atoms with Crippen molar-refractivity contribution in [3.63, 3.8) is 0 Å². The number of nitrogens with one attached hydrogen (secondary N) is 1. The zero-order valence-corrected chi connectivity index (χ0v) is 15.5. The lowest BCUT2D eigenvalue weighted by Gasteiger charge is -2.10. The lowest BCUT2D eigenvalue weighted by Crippen LogP contribution is -2.12. The van der Waals surface area contributed by atoms with Gasteiger partial charge in [-0.05, 0) is 11.6 Å². The van der Waals surface area contributed by atoms with Gasteiger partial charge < -0.3 is 4.98 Å². The minimum Gasteiger partial charge on any atom is -0.306 e. The van der Waals surface area contributed by atoms with E-state index in [1.807, 2.05) is 97.1 Å². The highest BCUT2D eigenvalue weighted by atomic mass is 16.1. The van der Waals surface area contributed by atoms with Crippen LogP contribution in [0.3, 0.4) is 0 Å². The smallest absolute Gasteiger partial charge is 0.261 e. The molecule has 4 heteroatoms. The van der Waals surface area contributed by atoms with E-state index in [1.54, 1.807) is 0 Å². The molecule has 0 atom stereocenters. The van der Waals surface area contributed by atoms with Crippen molar-refractivity contribution in [3.05, 3.63) is 107 Å². The van der Waals surface area contributed by atoms with E-state index in [0.29, 0.717) is 16.9 Å². The van der Waals surface area contributed by atoms with Crippen LogP contribution in [0, 0.1) is 0 Å². The van der Waals surface area contributed by atoms with Crippen LogP contribution in [-0.4, -0.2) is 15.0 Å². The number of pyridine rings is 1. The molecule has 0 saturated carbocycles. The van der Waals surface area contributed by atoms with Gasteiger partial charge in [0, 0.05) is 16.7 Å². The van der Waals surface area contributed by atoms with Gasteiger partial charge >= 0.3 is 0 Å². The van der Waals surface area contributed by atoms with E-state index in [2.05, 4.69) is 4.98 Å². The normalized spacial score (nSPS) is 10.9. The van der Waals surface area contributed by atoms with Crippen molar-refractivity contribution < 1.29 is 0 Å². The first-order chi connectivity index (χ1) is 14.3. The molecule has 2 heterocycles. The molecule has 0 aliphatic rings. The van der Waals surface area contributed by atoms with Crippen molar-refractivity contribution in [2.75, 3.05) is 0 Å². The van der Waals surface area contributed by atoms with Crippen molar-refractivity contribution in [2.24, 2.45) is 0 Å². The molecular formula is C25H17N3O. The Morgan fingerprint density at radius 2 is 1.17 bits per heavy atom. The molecule has 29 heavy (non-hydrogen) atoms. The molecule has 138 valence electrons. The Labute approximate surface area is 167 Å². The summed E-state index contributed by atoms with van der Waals surface area (Å²) in [7, 11) is 0. The fourth-order valence-electron chi connectivity index (χ4n) is 3.48. The summed E-state index contributed by atoms with van der Waals surface area (Å²) in [6.07, 6.45) is 0. The second-order valence-electron chi connectivity index (χ2n) is 6.77. The number of hydrogen-bond acceptors (Lipinski definition) is 3. The monoisotopic (exact) mass is 375 g/mol. The summed E-state index contributed by atoms with van der Waals surface area (Å²) in [5, 5.41) is 0.496. The van der Waals surface area contributed by atoms with Crippen molar-refractivity contribution in [2.45, 2.75) is 0 Å². The van der Waals surface area contributed by atoms with E-state index >= 15 is 0 Å². The number of hydrogen-bond donors (Lipinski definition) is 1. The molecule has 0 radical (unpaired) electrons. The summed E-state index contributed by atoms with van der Waals surface area (Å²) >= 11 is 0. The first kappa shape index (κ1) is 17.1. The minimum atomic E-state index is -0.195. The predicted molar refractivity (Wildman–Crippen MR) is 116 cm³/mol. The Morgan fingerprint density at radius 1 is 0.621 bits per heavy atom. The lowest BCUT2D eigenvalue weighted by molar-refractivity contribution is 1.15. The van der Waals surface area contributed by atoms with Gasteiger partial charge in [0.25, 0.3) is 5.56 Å². The zero-order valence-electron chi connectivity index (χ0n) is 15.5. The molecule has 3 aromatic carbocycles. The van der Waals surface area contributed by atoms with Crippen LogP contribution in [0.1, 0.15) is 0 Å². The van der Waals surface area contributed by atoms with Gasteiger partial charge in [-0.15, -0.1) is 0 Å². The number of aromatic amines is 1. The summed E-state index contributed by atoms with van der Waals surface area (Å²) in [5.41, 5.74) is 4.64. The molecule has 0 saturated heterocycles. The number of fused-ring (bicyclic) bond motifs is 1. The molecule has 0 aliphatic carbocycles. The van der Waals surface area contributed by atoms with Gasteiger partial charge in [0.15, 0.2) is 5.65 Å². The number of H-pyrrole nitrogens is 1. The molecule has 4 nitrogen and oxygen atoms in total. The number of rotatable bonds is 3. The molecule has 1 N–H and O–H groups in total. The SMILES string of the molecule is O=c1[nH]c(-c2ccccc2)nc2nc(-c3ccccc3)cc(-c3ccccc3)c12. The van der Waals surface area contributed by atoms with Crippen LogP contribution in [0.15, 0.2) is 102 Å². The Kier molecular flexibility index (Phi) is 4.22. The van der Waals surface area contributed by atoms with E-state index in [0.717, 1.165) is 27.9 Å². The first-order valence-corrected chi connectivity index (χ1v) is 9.41. The molecule has 0 amide bonds. The Hall–Kier alpha value is -4.05. The molecule has 5 rings (SSSR count). The maximum absolute atomic E-state index is 13.1. The summed E-state index contributed by atoms with van der Waals surface area (Å²) in [4.78, 5) is 25.5. The third-order valence-electron chi connectivity index (χ3n) is 4.88. The van der Waals surface area contributed by atoms with Crippen LogP contribution < -0.4 is 5.56 Å². The number of benzene rings is 3. The Morgan fingerprint density at radius 3 is 1.79 bits per heavy atom. The van der Waals surface area contributed by atoms with Crippen LogP contribution in [0.25, 0.3) is 44.8 Å². The van der Waals surface area contributed by atoms with Gasteiger partial charge in [0.1, 0.15) is 5.82 Å². The van der Waals surface area contributed by atoms with E-state index < -0.39 is 0 Å². The van der Waals surface area contributed by atoms with Gasteiger partial charge in [-0.2, -0.15) is 0 Å². The molecule has 0 unspecified atom stereocenters. The summed E-state index contributed by atoms with van der Waals surface area (Å²) in [6.45, 7) is 0. The molecule has 5 aromatic rings. The maximum Gasteiger partial charge on any atom is 0.261 e. The number of nitrogens with zero attached hydrogens (tertiary/aromatic N) is 2. The van der Waals surface area contributed by atoms with Gasteiger partial charge in [-0.1, -0.05) is 91.0 Å². The highest BCUT2D eigenvalue weighted by Crippen LogP contribution is 2.30. The predicted octanol–water partition coefficient (Wildman–Crippen LogP) is 5.32. The highest BCUT2D eigenvalue weighted by molar-refractivity contribution is 5.95. The average Bonchev–Trinajstić information content (AvgIpc) is 2.80. The van der Waals surface area contributed by atoms with E-state index in [1.165, 1.54) is 0 Å². The second-order valence-corrected chi connectivity index (χ2v) is 6.77. The fourth-order valence-corrected chi connectivity index (χ4v) is 3.48. The largest absolute Gasteiger partial charge is 0.306 e. The molecule has 2 aromatic heterocycles. The van der Waals surface area contributed by atoms with Crippen LogP contribution in [-0.2, 0) is 0 Å². The first-order valence-electron chi connectivity index (χ1n) is 9.41. The molecule has 0 aliphatic heterocycles. The van der Waals surface area contributed by atoms with Crippen LogP contribution in [0.2, 0.25) is 0 Å². The molecule has 0 bridgehead atoms.